The molecule has 1 N–H and O–H groups in total. The molecule has 114 valence electrons. The van der Waals surface area contributed by atoms with E-state index >= 15 is 0 Å². The van der Waals surface area contributed by atoms with E-state index in [2.05, 4.69) is 5.10 Å². The molecule has 22 heavy (non-hydrogen) atoms. The van der Waals surface area contributed by atoms with Gasteiger partial charge in [-0.05, 0) is 31.0 Å². The Kier molecular flexibility index (Phi) is 3.85. The number of halogens is 1. The summed E-state index contributed by atoms with van der Waals surface area (Å²) in [5.74, 6) is -1.27. The maximum Gasteiger partial charge on any atom is 0.326 e. The summed E-state index contributed by atoms with van der Waals surface area (Å²) in [4.78, 5) is 25.0. The first-order valence-corrected chi connectivity index (χ1v) is 7.28. The van der Waals surface area contributed by atoms with E-state index in [4.69, 9.17) is 16.7 Å². The van der Waals surface area contributed by atoms with Gasteiger partial charge in [0.15, 0.2) is 0 Å². The number of nitrogens with zero attached hydrogens (tertiary/aromatic N) is 3. The molecule has 1 aromatic heterocycles. The third-order valence-corrected chi connectivity index (χ3v) is 3.94. The Morgan fingerprint density at radius 3 is 2.91 bits per heavy atom. The topological polar surface area (TPSA) is 75.4 Å². The molecule has 1 unspecified atom stereocenters. The van der Waals surface area contributed by atoms with E-state index in [9.17, 15) is 9.59 Å². The summed E-state index contributed by atoms with van der Waals surface area (Å²) in [5, 5.41) is 13.9. The van der Waals surface area contributed by atoms with Gasteiger partial charge in [-0.3, -0.25) is 4.79 Å². The second-order valence-corrected chi connectivity index (χ2v) is 5.58. The van der Waals surface area contributed by atoms with Crippen LogP contribution in [-0.2, 0) is 4.79 Å². The van der Waals surface area contributed by atoms with Crippen molar-refractivity contribution in [2.75, 3.05) is 6.54 Å². The predicted octanol–water partition coefficient (Wildman–Crippen LogP) is 2.21. The summed E-state index contributed by atoms with van der Waals surface area (Å²) in [5.41, 5.74) is 1.11. The van der Waals surface area contributed by atoms with Gasteiger partial charge in [0.1, 0.15) is 6.04 Å². The zero-order valence-electron chi connectivity index (χ0n) is 11.6. The van der Waals surface area contributed by atoms with Crippen LogP contribution in [0.4, 0.5) is 0 Å². The maximum atomic E-state index is 12.5. The molecule has 1 aliphatic rings. The highest BCUT2D eigenvalue weighted by Gasteiger charge is 2.34. The van der Waals surface area contributed by atoms with E-state index in [1.165, 1.54) is 11.1 Å². The Labute approximate surface area is 131 Å². The van der Waals surface area contributed by atoms with Crippen LogP contribution in [0, 0.1) is 0 Å². The number of carbonyl (C=O) groups excluding carboxylic acids is 1. The average molecular weight is 320 g/mol. The molecule has 0 bridgehead atoms. The van der Waals surface area contributed by atoms with Gasteiger partial charge in [0.25, 0.3) is 5.91 Å². The largest absolute Gasteiger partial charge is 0.480 e. The van der Waals surface area contributed by atoms with Gasteiger partial charge in [-0.2, -0.15) is 5.10 Å². The molecule has 2 heterocycles. The summed E-state index contributed by atoms with van der Waals surface area (Å²) in [6.07, 6.45) is 4.22. The number of aromatic nitrogens is 2. The van der Waals surface area contributed by atoms with Crippen LogP contribution in [0.3, 0.4) is 0 Å². The lowest BCUT2D eigenvalue weighted by Crippen LogP contribution is -2.40. The van der Waals surface area contributed by atoms with E-state index < -0.39 is 12.0 Å². The molecule has 7 heteroatoms. The van der Waals surface area contributed by atoms with Crippen molar-refractivity contribution in [3.05, 3.63) is 47.2 Å². The molecule has 1 saturated heterocycles. The Bertz CT molecular complexity index is 728. The normalized spacial score (nSPS) is 17.7. The second-order valence-electron chi connectivity index (χ2n) is 5.15. The molecule has 3 rings (SSSR count). The first-order chi connectivity index (χ1) is 10.6. The number of benzene rings is 1. The molecule has 1 aromatic carbocycles. The molecule has 1 atom stereocenters. The van der Waals surface area contributed by atoms with E-state index in [1.807, 2.05) is 6.07 Å². The minimum Gasteiger partial charge on any atom is -0.480 e. The van der Waals surface area contributed by atoms with E-state index in [-0.39, 0.29) is 5.91 Å². The predicted molar refractivity (Wildman–Crippen MR) is 80.3 cm³/mol. The highest BCUT2D eigenvalue weighted by Crippen LogP contribution is 2.21. The van der Waals surface area contributed by atoms with Gasteiger partial charge in [-0.15, -0.1) is 0 Å². The Balaban J connectivity index is 1.84. The monoisotopic (exact) mass is 319 g/mol. The molecular formula is C15H14ClN3O3. The van der Waals surface area contributed by atoms with Gasteiger partial charge in [-0.1, -0.05) is 17.7 Å². The van der Waals surface area contributed by atoms with Crippen LogP contribution >= 0.6 is 11.6 Å². The number of carbonyl (C=O) groups is 2. The lowest BCUT2D eigenvalue weighted by molar-refractivity contribution is -0.141. The van der Waals surface area contributed by atoms with Crippen molar-refractivity contribution in [2.24, 2.45) is 0 Å². The van der Waals surface area contributed by atoms with Gasteiger partial charge >= 0.3 is 5.97 Å². The average Bonchev–Trinajstić information content (AvgIpc) is 3.16. The first kappa shape index (κ1) is 14.6. The van der Waals surface area contributed by atoms with Crippen LogP contribution in [0.25, 0.3) is 5.69 Å². The summed E-state index contributed by atoms with van der Waals surface area (Å²) in [7, 11) is 0. The summed E-state index contributed by atoms with van der Waals surface area (Å²) in [6.45, 7) is 0.456. The third kappa shape index (κ3) is 2.69. The van der Waals surface area contributed by atoms with Gasteiger partial charge in [-0.25, -0.2) is 9.48 Å². The highest BCUT2D eigenvalue weighted by atomic mass is 35.5. The molecule has 0 spiro atoms. The highest BCUT2D eigenvalue weighted by molar-refractivity contribution is 6.30. The molecule has 6 nitrogen and oxygen atoms in total. The Morgan fingerprint density at radius 2 is 2.18 bits per heavy atom. The lowest BCUT2D eigenvalue weighted by atomic mass is 10.2. The Morgan fingerprint density at radius 1 is 1.36 bits per heavy atom. The first-order valence-electron chi connectivity index (χ1n) is 6.90. The number of amides is 1. The standard InChI is InChI=1S/C15H14ClN3O3/c16-11-3-1-4-12(7-11)19-9-10(8-17-19)14(20)18-6-2-5-13(18)15(21)22/h1,3-4,7-9,13H,2,5-6H2,(H,21,22). The van der Waals surface area contributed by atoms with Crippen molar-refractivity contribution >= 4 is 23.5 Å². The second kappa shape index (κ2) is 5.81. The van der Waals surface area contributed by atoms with Gasteiger partial charge in [0.2, 0.25) is 0 Å². The van der Waals surface area contributed by atoms with Crippen LogP contribution in [0.5, 0.6) is 0 Å². The molecular weight excluding hydrogens is 306 g/mol. The number of likely N-dealkylation sites (tertiary alicyclic amines) is 1. The zero-order chi connectivity index (χ0) is 15.7. The number of aliphatic carboxylic acids is 1. The van der Waals surface area contributed by atoms with Crippen molar-refractivity contribution < 1.29 is 14.7 Å². The van der Waals surface area contributed by atoms with E-state index in [0.29, 0.717) is 30.0 Å². The van der Waals surface area contributed by atoms with Crippen LogP contribution in [0.1, 0.15) is 23.2 Å². The van der Waals surface area contributed by atoms with E-state index in [1.54, 1.807) is 29.1 Å². The van der Waals surface area contributed by atoms with Gasteiger partial charge in [0.05, 0.1) is 17.4 Å². The van der Waals surface area contributed by atoms with Gasteiger partial charge < -0.3 is 10.0 Å². The maximum absolute atomic E-state index is 12.5. The van der Waals surface area contributed by atoms with E-state index in [0.717, 1.165) is 5.69 Å². The van der Waals surface area contributed by atoms with Crippen LogP contribution in [0.2, 0.25) is 5.02 Å². The Hall–Kier alpha value is -2.34. The fraction of sp³-hybridized carbons (Fsp3) is 0.267. The SMILES string of the molecule is O=C(O)C1CCCN1C(=O)c1cnn(-c2cccc(Cl)c2)c1. The van der Waals surface area contributed by atoms with Crippen molar-refractivity contribution in [1.29, 1.82) is 0 Å². The quantitative estimate of drug-likeness (QED) is 0.941. The molecule has 1 aliphatic heterocycles. The van der Waals surface area contributed by atoms with Crippen LogP contribution in [-0.4, -0.2) is 44.3 Å². The number of carboxylic acid groups (broad SMARTS) is 1. The molecule has 1 fully saturated rings. The molecule has 0 radical (unpaired) electrons. The molecule has 0 aliphatic carbocycles. The fourth-order valence-electron chi connectivity index (χ4n) is 2.63. The minimum absolute atomic E-state index is 0.307. The zero-order valence-corrected chi connectivity index (χ0v) is 12.4. The number of rotatable bonds is 3. The van der Waals surface area contributed by atoms with Crippen molar-refractivity contribution in [1.82, 2.24) is 14.7 Å². The van der Waals surface area contributed by atoms with Crippen LogP contribution in [0.15, 0.2) is 36.7 Å². The summed E-state index contributed by atoms with van der Waals surface area (Å²) >= 11 is 5.94. The smallest absolute Gasteiger partial charge is 0.326 e. The number of carboxylic acids is 1. The van der Waals surface area contributed by atoms with Crippen molar-refractivity contribution in [3.8, 4) is 5.69 Å². The summed E-state index contributed by atoms with van der Waals surface area (Å²) < 4.78 is 1.55. The van der Waals surface area contributed by atoms with Crippen molar-refractivity contribution in [2.45, 2.75) is 18.9 Å². The molecule has 2 aromatic rings. The number of hydrogen-bond acceptors (Lipinski definition) is 3. The van der Waals surface area contributed by atoms with Crippen molar-refractivity contribution in [3.63, 3.8) is 0 Å². The number of hydrogen-bond donors (Lipinski definition) is 1. The molecule has 1 amide bonds. The minimum atomic E-state index is -0.965. The van der Waals surface area contributed by atoms with Crippen LogP contribution < -0.4 is 0 Å². The fourth-order valence-corrected chi connectivity index (χ4v) is 2.81. The molecule has 0 saturated carbocycles. The summed E-state index contributed by atoms with van der Waals surface area (Å²) in [6, 6.07) is 6.35. The van der Waals surface area contributed by atoms with Gasteiger partial charge in [0, 0.05) is 17.8 Å². The third-order valence-electron chi connectivity index (χ3n) is 3.70. The lowest BCUT2D eigenvalue weighted by Gasteiger charge is -2.20.